The lowest BCUT2D eigenvalue weighted by atomic mass is 9.83. The summed E-state index contributed by atoms with van der Waals surface area (Å²) < 4.78 is 5.61. The molecule has 2 fully saturated rings. The molecule has 0 bridgehead atoms. The summed E-state index contributed by atoms with van der Waals surface area (Å²) in [6.45, 7) is 10.9. The number of carbonyl (C=O) groups excluding carboxylic acids is 3. The van der Waals surface area contributed by atoms with Gasteiger partial charge in [-0.15, -0.1) is 10.2 Å². The van der Waals surface area contributed by atoms with E-state index in [0.717, 1.165) is 44.5 Å². The Morgan fingerprint density at radius 1 is 1.02 bits per heavy atom. The van der Waals surface area contributed by atoms with Crippen molar-refractivity contribution in [3.05, 3.63) is 41.3 Å². The first-order valence-electron chi connectivity index (χ1n) is 14.7. The molecule has 1 saturated carbocycles. The standard InChI is InChI=1S/C30H43N5O4S/c1-19(2)17-25(26(36)29-33-34-30(39-29)40-20(3)4)32-28(38)23-13-7-8-14-24(23)31-27(37)22-12-6-5-11-21(22)18-35-15-9-10-16-35/h5-6,11-12,19-20,23-25H,7-10,13-18H2,1-4H3,(H,31,37)(H,32,38)/t23-,24+,25?/m1/s1. The van der Waals surface area contributed by atoms with Crippen LogP contribution in [0.3, 0.4) is 0 Å². The van der Waals surface area contributed by atoms with Gasteiger partial charge in [0.2, 0.25) is 11.7 Å². The van der Waals surface area contributed by atoms with Gasteiger partial charge in [-0.3, -0.25) is 19.3 Å². The van der Waals surface area contributed by atoms with Gasteiger partial charge < -0.3 is 15.1 Å². The molecule has 10 heteroatoms. The van der Waals surface area contributed by atoms with E-state index in [4.69, 9.17) is 4.42 Å². The van der Waals surface area contributed by atoms with E-state index >= 15 is 0 Å². The molecule has 1 aromatic carbocycles. The topological polar surface area (TPSA) is 117 Å². The number of amides is 2. The van der Waals surface area contributed by atoms with Crippen molar-refractivity contribution in [2.45, 2.75) is 102 Å². The Morgan fingerprint density at radius 3 is 2.48 bits per heavy atom. The van der Waals surface area contributed by atoms with Crippen LogP contribution in [0.1, 0.15) is 99.2 Å². The van der Waals surface area contributed by atoms with Crippen molar-refractivity contribution in [3.63, 3.8) is 0 Å². The van der Waals surface area contributed by atoms with E-state index in [1.165, 1.54) is 24.6 Å². The minimum absolute atomic E-state index is 0.0859. The maximum atomic E-state index is 13.6. The van der Waals surface area contributed by atoms with Crippen LogP contribution in [0.2, 0.25) is 0 Å². The number of Topliss-reactive ketones (excluding diaryl/α,β-unsaturated/α-hetero) is 1. The molecule has 1 saturated heterocycles. The summed E-state index contributed by atoms with van der Waals surface area (Å²) in [7, 11) is 0. The Kier molecular flexibility index (Phi) is 10.8. The Bertz CT molecular complexity index is 1160. The molecule has 0 spiro atoms. The quantitative estimate of drug-likeness (QED) is 0.275. The highest BCUT2D eigenvalue weighted by Gasteiger charge is 2.36. The SMILES string of the molecule is CC(C)CC(NC(=O)[C@@H]1CCCC[C@@H]1NC(=O)c1ccccc1CN1CCCC1)C(=O)c1nnc(SC(C)C)o1. The van der Waals surface area contributed by atoms with Crippen molar-refractivity contribution in [1.82, 2.24) is 25.7 Å². The van der Waals surface area contributed by atoms with E-state index in [1.54, 1.807) is 0 Å². The molecule has 9 nitrogen and oxygen atoms in total. The second-order valence-corrected chi connectivity index (χ2v) is 13.2. The Balaban J connectivity index is 1.44. The molecule has 4 rings (SSSR count). The highest BCUT2D eigenvalue weighted by atomic mass is 32.2. The summed E-state index contributed by atoms with van der Waals surface area (Å²) >= 11 is 1.39. The average molecular weight is 570 g/mol. The van der Waals surface area contributed by atoms with E-state index < -0.39 is 12.0 Å². The van der Waals surface area contributed by atoms with Crippen LogP contribution < -0.4 is 10.6 Å². The van der Waals surface area contributed by atoms with Crippen LogP contribution in [0.15, 0.2) is 33.9 Å². The molecule has 2 amide bonds. The van der Waals surface area contributed by atoms with Crippen molar-refractivity contribution in [2.75, 3.05) is 13.1 Å². The maximum absolute atomic E-state index is 13.6. The zero-order chi connectivity index (χ0) is 28.6. The Hall–Kier alpha value is -2.72. The molecule has 0 radical (unpaired) electrons. The van der Waals surface area contributed by atoms with Gasteiger partial charge in [0.05, 0.1) is 12.0 Å². The molecule has 40 heavy (non-hydrogen) atoms. The summed E-state index contributed by atoms with van der Waals surface area (Å²) in [5, 5.41) is 14.7. The first kappa shape index (κ1) is 30.2. The predicted octanol–water partition coefficient (Wildman–Crippen LogP) is 4.87. The molecule has 218 valence electrons. The number of rotatable bonds is 12. The molecule has 1 unspecified atom stereocenters. The summed E-state index contributed by atoms with van der Waals surface area (Å²) in [4.78, 5) is 42.8. The number of aromatic nitrogens is 2. The molecule has 1 aliphatic carbocycles. The summed E-state index contributed by atoms with van der Waals surface area (Å²) in [6, 6.07) is 6.67. The highest BCUT2D eigenvalue weighted by Crippen LogP contribution is 2.27. The molecule has 1 aromatic heterocycles. The monoisotopic (exact) mass is 569 g/mol. The second kappa shape index (κ2) is 14.3. The van der Waals surface area contributed by atoms with Crippen LogP contribution in [0.5, 0.6) is 0 Å². The van der Waals surface area contributed by atoms with Gasteiger partial charge in [-0.25, -0.2) is 0 Å². The number of carbonyl (C=O) groups is 3. The lowest BCUT2D eigenvalue weighted by molar-refractivity contribution is -0.127. The normalized spacial score (nSPS) is 20.6. The van der Waals surface area contributed by atoms with Crippen LogP contribution in [0, 0.1) is 11.8 Å². The molecule has 3 atom stereocenters. The second-order valence-electron chi connectivity index (χ2n) is 11.7. The number of likely N-dealkylation sites (tertiary alicyclic amines) is 1. The van der Waals surface area contributed by atoms with Crippen LogP contribution >= 0.6 is 11.8 Å². The molecular weight excluding hydrogens is 526 g/mol. The van der Waals surface area contributed by atoms with Crippen molar-refractivity contribution in [3.8, 4) is 0 Å². The zero-order valence-corrected chi connectivity index (χ0v) is 25.0. The van der Waals surface area contributed by atoms with Crippen LogP contribution in [-0.4, -0.2) is 63.1 Å². The highest BCUT2D eigenvalue weighted by molar-refractivity contribution is 7.99. The van der Waals surface area contributed by atoms with Crippen molar-refractivity contribution in [2.24, 2.45) is 11.8 Å². The van der Waals surface area contributed by atoms with Crippen LogP contribution in [-0.2, 0) is 11.3 Å². The molecule has 2 N–H and O–H groups in total. The fraction of sp³-hybridized carbons (Fsp3) is 0.633. The minimum Gasteiger partial charge on any atom is -0.408 e. The fourth-order valence-electron chi connectivity index (χ4n) is 5.61. The summed E-state index contributed by atoms with van der Waals surface area (Å²) in [5.41, 5.74) is 1.68. The largest absolute Gasteiger partial charge is 0.408 e. The minimum atomic E-state index is -0.774. The fourth-order valence-corrected chi connectivity index (χ4v) is 6.23. The van der Waals surface area contributed by atoms with E-state index in [2.05, 4.69) is 25.7 Å². The number of thioether (sulfide) groups is 1. The first-order valence-corrected chi connectivity index (χ1v) is 15.5. The zero-order valence-electron chi connectivity index (χ0n) is 24.2. The lowest BCUT2D eigenvalue weighted by Crippen LogP contribution is -2.52. The number of ketones is 1. The lowest BCUT2D eigenvalue weighted by Gasteiger charge is -2.32. The van der Waals surface area contributed by atoms with E-state index in [1.807, 2.05) is 52.0 Å². The van der Waals surface area contributed by atoms with E-state index in [0.29, 0.717) is 23.6 Å². The smallest absolute Gasteiger partial charge is 0.286 e. The van der Waals surface area contributed by atoms with Gasteiger partial charge in [-0.1, -0.05) is 70.5 Å². The number of hydrogen-bond donors (Lipinski definition) is 2. The third-order valence-electron chi connectivity index (χ3n) is 7.57. The third-order valence-corrected chi connectivity index (χ3v) is 8.41. The summed E-state index contributed by atoms with van der Waals surface area (Å²) in [6.07, 6.45) is 6.06. The van der Waals surface area contributed by atoms with Crippen LogP contribution in [0.25, 0.3) is 0 Å². The number of benzene rings is 1. The van der Waals surface area contributed by atoms with Crippen molar-refractivity contribution in [1.29, 1.82) is 0 Å². The van der Waals surface area contributed by atoms with Crippen molar-refractivity contribution >= 4 is 29.4 Å². The summed E-state index contributed by atoms with van der Waals surface area (Å²) in [5.74, 6) is -1.08. The van der Waals surface area contributed by atoms with E-state index in [9.17, 15) is 14.4 Å². The first-order chi connectivity index (χ1) is 19.2. The molecular formula is C30H43N5O4S. The molecule has 1 aliphatic heterocycles. The molecule has 2 aromatic rings. The van der Waals surface area contributed by atoms with Gasteiger partial charge in [-0.05, 0) is 62.7 Å². The van der Waals surface area contributed by atoms with Gasteiger partial charge in [0.15, 0.2) is 0 Å². The number of nitrogens with one attached hydrogen (secondary N) is 2. The number of nitrogens with zero attached hydrogens (tertiary/aromatic N) is 3. The Labute approximate surface area is 241 Å². The Morgan fingerprint density at radius 2 is 1.75 bits per heavy atom. The molecule has 2 heterocycles. The van der Waals surface area contributed by atoms with Gasteiger partial charge in [-0.2, -0.15) is 0 Å². The van der Waals surface area contributed by atoms with Gasteiger partial charge in [0.1, 0.15) is 0 Å². The van der Waals surface area contributed by atoms with Crippen molar-refractivity contribution < 1.29 is 18.8 Å². The third kappa shape index (κ3) is 8.16. The van der Waals surface area contributed by atoms with Crippen LogP contribution in [0.4, 0.5) is 0 Å². The van der Waals surface area contributed by atoms with E-state index in [-0.39, 0.29) is 40.7 Å². The van der Waals surface area contributed by atoms with Gasteiger partial charge in [0.25, 0.3) is 17.0 Å². The van der Waals surface area contributed by atoms with Gasteiger partial charge >= 0.3 is 0 Å². The average Bonchev–Trinajstić information content (AvgIpc) is 3.60. The number of hydrogen-bond acceptors (Lipinski definition) is 8. The maximum Gasteiger partial charge on any atom is 0.286 e. The molecule has 2 aliphatic rings. The predicted molar refractivity (Wildman–Crippen MR) is 155 cm³/mol. The van der Waals surface area contributed by atoms with Gasteiger partial charge in [0, 0.05) is 23.4 Å².